The molecule has 0 spiro atoms. The van der Waals surface area contributed by atoms with Crippen LogP contribution in [0, 0.1) is 5.41 Å². The molecule has 1 atom stereocenters. The van der Waals surface area contributed by atoms with E-state index in [0.29, 0.717) is 12.8 Å². The number of carbonyl (C=O) groups excluding carboxylic acids is 2. The summed E-state index contributed by atoms with van der Waals surface area (Å²) in [6.45, 7) is 5.74. The first-order chi connectivity index (χ1) is 17.4. The van der Waals surface area contributed by atoms with Gasteiger partial charge in [0.05, 0.1) is 12.0 Å². The first kappa shape index (κ1) is 23.5. The van der Waals surface area contributed by atoms with Crippen LogP contribution in [0.4, 0.5) is 0 Å². The highest BCUT2D eigenvalue weighted by Gasteiger charge is 2.44. The summed E-state index contributed by atoms with van der Waals surface area (Å²) in [6.07, 6.45) is 5.93. The molecule has 3 heterocycles. The van der Waals surface area contributed by atoms with E-state index in [-0.39, 0.29) is 18.4 Å². The number of aliphatic imine (C=N–C) groups is 1. The average molecular weight is 482 g/mol. The maximum absolute atomic E-state index is 12.7. The number of imidazole rings is 1. The van der Waals surface area contributed by atoms with Gasteiger partial charge in [-0.15, -0.1) is 0 Å². The second-order valence-electron chi connectivity index (χ2n) is 9.30. The highest BCUT2D eigenvalue weighted by Crippen LogP contribution is 2.34. The zero-order valence-corrected chi connectivity index (χ0v) is 20.5. The molecule has 0 aliphatic heterocycles. The molecule has 1 aromatic carbocycles. The predicted molar refractivity (Wildman–Crippen MR) is 137 cm³/mol. The van der Waals surface area contributed by atoms with Crippen LogP contribution in [0.3, 0.4) is 0 Å². The van der Waals surface area contributed by atoms with Gasteiger partial charge in [0.2, 0.25) is 0 Å². The van der Waals surface area contributed by atoms with Crippen molar-refractivity contribution in [1.82, 2.24) is 19.5 Å². The summed E-state index contributed by atoms with van der Waals surface area (Å²) < 4.78 is 7.28. The molecule has 0 N–H and O–H groups in total. The Morgan fingerprint density at radius 3 is 2.58 bits per heavy atom. The third-order valence-corrected chi connectivity index (χ3v) is 6.58. The number of fused-ring (bicyclic) bond motifs is 1. The molecular formula is C28H27N5O3. The molecule has 1 aliphatic rings. The van der Waals surface area contributed by atoms with Crippen LogP contribution >= 0.6 is 0 Å². The Bertz CT molecular complexity index is 1460. The predicted octanol–water partition coefficient (Wildman–Crippen LogP) is 4.40. The maximum Gasteiger partial charge on any atom is 0.331 e. The average Bonchev–Trinajstić information content (AvgIpc) is 3.28. The Morgan fingerprint density at radius 1 is 1.14 bits per heavy atom. The lowest BCUT2D eigenvalue weighted by molar-refractivity contribution is -0.144. The first-order valence-electron chi connectivity index (χ1n) is 12.0. The topological polar surface area (TPSA) is 99.3 Å². The number of aromatic nitrogens is 4. The van der Waals surface area contributed by atoms with Gasteiger partial charge in [0.15, 0.2) is 11.7 Å². The molecule has 1 fully saturated rings. The third kappa shape index (κ3) is 4.30. The molecule has 182 valence electrons. The first-order valence-corrected chi connectivity index (χ1v) is 12.0. The maximum atomic E-state index is 12.7. The van der Waals surface area contributed by atoms with Gasteiger partial charge in [-0.05, 0) is 62.7 Å². The number of carbonyl (C=O) groups is 2. The number of Topliss-reactive ketones (excluding diaryl/α,β-unsaturated/α-hetero) is 1. The fourth-order valence-electron chi connectivity index (χ4n) is 4.31. The van der Waals surface area contributed by atoms with Crippen molar-refractivity contribution >= 4 is 28.6 Å². The van der Waals surface area contributed by atoms with Crippen LogP contribution in [0.2, 0.25) is 0 Å². The van der Waals surface area contributed by atoms with Crippen molar-refractivity contribution in [3.05, 3.63) is 72.7 Å². The van der Waals surface area contributed by atoms with Gasteiger partial charge in [-0.3, -0.25) is 19.3 Å². The van der Waals surface area contributed by atoms with E-state index in [2.05, 4.69) is 15.0 Å². The van der Waals surface area contributed by atoms with E-state index in [1.807, 2.05) is 66.9 Å². The van der Waals surface area contributed by atoms with Crippen molar-refractivity contribution in [3.63, 3.8) is 0 Å². The Morgan fingerprint density at radius 2 is 1.92 bits per heavy atom. The zero-order valence-electron chi connectivity index (χ0n) is 20.5. The number of hydrogen-bond acceptors (Lipinski definition) is 7. The largest absolute Gasteiger partial charge is 0.464 e. The summed E-state index contributed by atoms with van der Waals surface area (Å²) in [5.74, 6) is 0.504. The van der Waals surface area contributed by atoms with Crippen LogP contribution in [0.25, 0.3) is 28.2 Å². The molecule has 3 aromatic heterocycles. The van der Waals surface area contributed by atoms with E-state index in [0.717, 1.165) is 39.5 Å². The van der Waals surface area contributed by atoms with Gasteiger partial charge in [0.1, 0.15) is 17.1 Å². The van der Waals surface area contributed by atoms with E-state index in [1.54, 1.807) is 25.5 Å². The van der Waals surface area contributed by atoms with Crippen molar-refractivity contribution in [2.75, 3.05) is 6.61 Å². The smallest absolute Gasteiger partial charge is 0.331 e. The molecule has 5 rings (SSSR count). The Balaban J connectivity index is 1.48. The summed E-state index contributed by atoms with van der Waals surface area (Å²) in [4.78, 5) is 42.9. The number of esters is 1. The van der Waals surface area contributed by atoms with Gasteiger partial charge in [-0.2, -0.15) is 0 Å². The Labute approximate surface area is 209 Å². The second kappa shape index (κ2) is 9.45. The molecule has 0 bridgehead atoms. The molecule has 8 nitrogen and oxygen atoms in total. The third-order valence-electron chi connectivity index (χ3n) is 6.58. The van der Waals surface area contributed by atoms with Gasteiger partial charge < -0.3 is 4.74 Å². The molecule has 36 heavy (non-hydrogen) atoms. The molecule has 0 unspecified atom stereocenters. The van der Waals surface area contributed by atoms with Gasteiger partial charge in [0, 0.05) is 48.4 Å². The molecular weight excluding hydrogens is 454 g/mol. The van der Waals surface area contributed by atoms with Crippen LogP contribution in [-0.4, -0.2) is 49.6 Å². The molecule has 0 amide bonds. The van der Waals surface area contributed by atoms with E-state index < -0.39 is 11.5 Å². The molecule has 1 aliphatic carbocycles. The van der Waals surface area contributed by atoms with Crippen LogP contribution < -0.4 is 0 Å². The van der Waals surface area contributed by atoms with Crippen LogP contribution in [0.5, 0.6) is 0 Å². The van der Waals surface area contributed by atoms with Crippen molar-refractivity contribution in [2.24, 2.45) is 10.4 Å². The molecule has 1 saturated carbocycles. The minimum absolute atomic E-state index is 0.138. The minimum Gasteiger partial charge on any atom is -0.464 e. The Hall–Kier alpha value is -4.20. The fraction of sp³-hybridized carbons (Fsp3) is 0.286. The summed E-state index contributed by atoms with van der Waals surface area (Å²) in [5, 5.41) is 0. The summed E-state index contributed by atoms with van der Waals surface area (Å²) in [7, 11) is 0. The lowest BCUT2D eigenvalue weighted by atomic mass is 9.68. The number of nitrogens with zero attached hydrogens (tertiary/aromatic N) is 5. The van der Waals surface area contributed by atoms with Crippen molar-refractivity contribution in [1.29, 1.82) is 0 Å². The monoisotopic (exact) mass is 481 g/mol. The number of ketones is 1. The molecule has 0 saturated heterocycles. The lowest BCUT2D eigenvalue weighted by Gasteiger charge is -2.35. The van der Waals surface area contributed by atoms with E-state index in [1.165, 1.54) is 0 Å². The molecule has 4 aromatic rings. The van der Waals surface area contributed by atoms with E-state index in [4.69, 9.17) is 9.72 Å². The van der Waals surface area contributed by atoms with Gasteiger partial charge in [-0.1, -0.05) is 12.1 Å². The second-order valence-corrected chi connectivity index (χ2v) is 9.30. The number of rotatable bonds is 7. The van der Waals surface area contributed by atoms with E-state index >= 15 is 0 Å². The molecule has 0 radical (unpaired) electrons. The van der Waals surface area contributed by atoms with Crippen LogP contribution in [0.1, 0.15) is 32.8 Å². The molecule has 8 heteroatoms. The van der Waals surface area contributed by atoms with Crippen LogP contribution in [-0.2, 0) is 20.7 Å². The summed E-state index contributed by atoms with van der Waals surface area (Å²) in [5.41, 5.74) is 4.38. The zero-order chi connectivity index (χ0) is 25.3. The van der Waals surface area contributed by atoms with Crippen molar-refractivity contribution in [2.45, 2.75) is 39.7 Å². The SMILES string of the molecule is CCOC(=O)[C@H](Cc1ccc(-n2c(-c3cccnc3)nc3cccnc32)cc1)N=C1CC(=O)C1(C)C. The van der Waals surface area contributed by atoms with Gasteiger partial charge in [-0.25, -0.2) is 14.8 Å². The normalized spacial score (nSPS) is 16.6. The summed E-state index contributed by atoms with van der Waals surface area (Å²) >= 11 is 0. The highest BCUT2D eigenvalue weighted by molar-refractivity contribution is 6.26. The van der Waals surface area contributed by atoms with Gasteiger partial charge in [0.25, 0.3) is 0 Å². The fourth-order valence-corrected chi connectivity index (χ4v) is 4.31. The van der Waals surface area contributed by atoms with E-state index in [9.17, 15) is 9.59 Å². The number of hydrogen-bond donors (Lipinski definition) is 0. The number of ether oxygens (including phenoxy) is 1. The standard InChI is InChI=1S/C28H27N5O3/c1-4-36-27(35)22(31-23-16-24(34)28(23,2)3)15-18-9-11-20(12-10-18)33-25(19-7-5-13-29-17-19)32-21-8-6-14-30-26(21)33/h5-14,17,22H,4,15-16H2,1-3H3/t22-/m0/s1. The quantitative estimate of drug-likeness (QED) is 0.363. The van der Waals surface area contributed by atoms with Crippen LogP contribution in [0.15, 0.2) is 72.1 Å². The Kier molecular flexibility index (Phi) is 6.18. The summed E-state index contributed by atoms with van der Waals surface area (Å²) in [6, 6.07) is 14.9. The highest BCUT2D eigenvalue weighted by atomic mass is 16.5. The number of benzene rings is 1. The van der Waals surface area contributed by atoms with Crippen molar-refractivity contribution < 1.29 is 14.3 Å². The lowest BCUT2D eigenvalue weighted by Crippen LogP contribution is -2.47. The van der Waals surface area contributed by atoms with Crippen molar-refractivity contribution in [3.8, 4) is 17.1 Å². The number of pyridine rings is 2. The van der Waals surface area contributed by atoms with Gasteiger partial charge >= 0.3 is 5.97 Å². The minimum atomic E-state index is -0.695.